The summed E-state index contributed by atoms with van der Waals surface area (Å²) in [6.45, 7) is 4.86. The summed E-state index contributed by atoms with van der Waals surface area (Å²) < 4.78 is 5.54. The molecule has 1 fully saturated rings. The molecule has 1 heterocycles. The summed E-state index contributed by atoms with van der Waals surface area (Å²) in [5.74, 6) is 0.477. The summed E-state index contributed by atoms with van der Waals surface area (Å²) in [6, 6.07) is 16.6. The van der Waals surface area contributed by atoms with Crippen molar-refractivity contribution in [2.45, 2.75) is 39.2 Å². The largest absolute Gasteiger partial charge is 0.484 e. The van der Waals surface area contributed by atoms with E-state index in [2.05, 4.69) is 10.6 Å². The van der Waals surface area contributed by atoms with Crippen LogP contribution < -0.4 is 15.4 Å². The number of hydrogen-bond donors (Lipinski definition) is 2. The van der Waals surface area contributed by atoms with Crippen molar-refractivity contribution >= 4 is 23.4 Å². The van der Waals surface area contributed by atoms with Crippen LogP contribution in [0.5, 0.6) is 5.75 Å². The fourth-order valence-electron chi connectivity index (χ4n) is 3.66. The van der Waals surface area contributed by atoms with E-state index in [1.807, 2.05) is 61.5 Å². The molecule has 0 aliphatic carbocycles. The van der Waals surface area contributed by atoms with E-state index in [1.54, 1.807) is 11.8 Å². The van der Waals surface area contributed by atoms with Crippen molar-refractivity contribution < 1.29 is 19.1 Å². The van der Waals surface area contributed by atoms with Crippen LogP contribution in [0.3, 0.4) is 0 Å². The van der Waals surface area contributed by atoms with Gasteiger partial charge in [0.1, 0.15) is 5.75 Å². The van der Waals surface area contributed by atoms with Gasteiger partial charge >= 0.3 is 0 Å². The van der Waals surface area contributed by atoms with Gasteiger partial charge in [0.05, 0.1) is 6.04 Å². The minimum atomic E-state index is -0.141. The van der Waals surface area contributed by atoms with Crippen LogP contribution >= 0.6 is 0 Å². The Morgan fingerprint density at radius 1 is 1.03 bits per heavy atom. The second-order valence-corrected chi connectivity index (χ2v) is 8.01. The third-order valence-corrected chi connectivity index (χ3v) is 5.70. The van der Waals surface area contributed by atoms with Crippen LogP contribution in [0.4, 0.5) is 5.69 Å². The van der Waals surface area contributed by atoms with E-state index in [9.17, 15) is 14.4 Å². The minimum Gasteiger partial charge on any atom is -0.484 e. The standard InChI is InChI=1S/C25H31N3O4/c1-3-23(29)27-21-11-9-19(10-12-21)18(2)26-25(31)20-13-15-28(16-14-20)24(30)17-32-22-7-5-4-6-8-22/h4-12,18,20H,3,13-17H2,1-2H3,(H,26,31)(H,27,29). The molecule has 0 spiro atoms. The molecule has 0 saturated carbocycles. The van der Waals surface area contributed by atoms with Crippen LogP contribution in [-0.4, -0.2) is 42.3 Å². The van der Waals surface area contributed by atoms with E-state index in [0.717, 1.165) is 11.3 Å². The molecule has 0 aromatic heterocycles. The summed E-state index contributed by atoms with van der Waals surface area (Å²) >= 11 is 0. The highest BCUT2D eigenvalue weighted by Gasteiger charge is 2.28. The number of nitrogens with one attached hydrogen (secondary N) is 2. The number of piperidine rings is 1. The quantitative estimate of drug-likeness (QED) is 0.661. The Labute approximate surface area is 189 Å². The van der Waals surface area contributed by atoms with Crippen LogP contribution in [-0.2, 0) is 14.4 Å². The molecule has 32 heavy (non-hydrogen) atoms. The van der Waals surface area contributed by atoms with Crippen molar-refractivity contribution in [2.24, 2.45) is 5.92 Å². The molecule has 0 bridgehead atoms. The smallest absolute Gasteiger partial charge is 0.260 e. The van der Waals surface area contributed by atoms with Crippen molar-refractivity contribution in [1.82, 2.24) is 10.2 Å². The second-order valence-electron chi connectivity index (χ2n) is 8.01. The molecule has 170 valence electrons. The van der Waals surface area contributed by atoms with E-state index >= 15 is 0 Å². The Bertz CT molecular complexity index is 907. The van der Waals surface area contributed by atoms with E-state index < -0.39 is 0 Å². The molecule has 2 aromatic carbocycles. The van der Waals surface area contributed by atoms with Crippen molar-refractivity contribution in [1.29, 1.82) is 0 Å². The first-order chi connectivity index (χ1) is 15.5. The Kier molecular flexibility index (Phi) is 8.25. The average Bonchev–Trinajstić information content (AvgIpc) is 2.83. The molecule has 0 radical (unpaired) electrons. The molecule has 1 aliphatic heterocycles. The molecule has 7 heteroatoms. The fraction of sp³-hybridized carbons (Fsp3) is 0.400. The van der Waals surface area contributed by atoms with E-state index in [4.69, 9.17) is 4.74 Å². The van der Waals surface area contributed by atoms with E-state index in [0.29, 0.717) is 38.1 Å². The number of ether oxygens (including phenoxy) is 1. The molecule has 7 nitrogen and oxygen atoms in total. The molecule has 3 amide bonds. The van der Waals surface area contributed by atoms with E-state index in [-0.39, 0.29) is 36.3 Å². The first-order valence-electron chi connectivity index (χ1n) is 11.1. The third-order valence-electron chi connectivity index (χ3n) is 5.70. The summed E-state index contributed by atoms with van der Waals surface area (Å²) in [7, 11) is 0. The van der Waals surface area contributed by atoms with Crippen LogP contribution in [0, 0.1) is 5.92 Å². The number of anilines is 1. The highest BCUT2D eigenvalue weighted by molar-refractivity contribution is 5.90. The van der Waals surface area contributed by atoms with Gasteiger partial charge in [-0.15, -0.1) is 0 Å². The van der Waals surface area contributed by atoms with Gasteiger partial charge in [-0.05, 0) is 49.6 Å². The first kappa shape index (κ1) is 23.3. The van der Waals surface area contributed by atoms with Crippen LogP contribution in [0.15, 0.2) is 54.6 Å². The fourth-order valence-corrected chi connectivity index (χ4v) is 3.66. The minimum absolute atomic E-state index is 0.00656. The zero-order chi connectivity index (χ0) is 22.9. The number of para-hydroxylation sites is 1. The van der Waals surface area contributed by atoms with Crippen LogP contribution in [0.25, 0.3) is 0 Å². The summed E-state index contributed by atoms with van der Waals surface area (Å²) in [5, 5.41) is 5.89. The lowest BCUT2D eigenvalue weighted by Crippen LogP contribution is -2.44. The summed E-state index contributed by atoms with van der Waals surface area (Å²) in [6.07, 6.45) is 1.70. The van der Waals surface area contributed by atoms with Crippen LogP contribution in [0.1, 0.15) is 44.7 Å². The molecule has 3 rings (SSSR count). The monoisotopic (exact) mass is 437 g/mol. The molecule has 2 N–H and O–H groups in total. The SMILES string of the molecule is CCC(=O)Nc1ccc(C(C)NC(=O)C2CCN(C(=O)COc3ccccc3)CC2)cc1. The molecule has 1 atom stereocenters. The lowest BCUT2D eigenvalue weighted by Gasteiger charge is -2.32. The summed E-state index contributed by atoms with van der Waals surface area (Å²) in [4.78, 5) is 38.4. The van der Waals surface area contributed by atoms with Gasteiger partial charge in [0.15, 0.2) is 6.61 Å². The van der Waals surface area contributed by atoms with Gasteiger partial charge in [-0.3, -0.25) is 14.4 Å². The normalized spacial score (nSPS) is 15.0. The maximum atomic E-state index is 12.7. The lowest BCUT2D eigenvalue weighted by molar-refractivity contribution is -0.137. The Morgan fingerprint density at radius 2 is 1.69 bits per heavy atom. The zero-order valence-electron chi connectivity index (χ0n) is 18.7. The van der Waals surface area contributed by atoms with Gasteiger partial charge in [0, 0.05) is 31.1 Å². The Morgan fingerprint density at radius 3 is 2.31 bits per heavy atom. The highest BCUT2D eigenvalue weighted by atomic mass is 16.5. The molecule has 1 unspecified atom stereocenters. The first-order valence-corrected chi connectivity index (χ1v) is 11.1. The maximum Gasteiger partial charge on any atom is 0.260 e. The highest BCUT2D eigenvalue weighted by Crippen LogP contribution is 2.21. The van der Waals surface area contributed by atoms with Gasteiger partial charge in [0.2, 0.25) is 11.8 Å². The van der Waals surface area contributed by atoms with Gasteiger partial charge in [-0.2, -0.15) is 0 Å². The number of benzene rings is 2. The number of carbonyl (C=O) groups is 3. The number of nitrogens with zero attached hydrogens (tertiary/aromatic N) is 1. The third kappa shape index (κ3) is 6.57. The van der Waals surface area contributed by atoms with Crippen LogP contribution in [0.2, 0.25) is 0 Å². The van der Waals surface area contributed by atoms with Crippen molar-refractivity contribution in [3.63, 3.8) is 0 Å². The zero-order valence-corrected chi connectivity index (χ0v) is 18.7. The molecular weight excluding hydrogens is 406 g/mol. The average molecular weight is 438 g/mol. The molecular formula is C25H31N3O4. The number of rotatable bonds is 8. The number of likely N-dealkylation sites (tertiary alicyclic amines) is 1. The van der Waals surface area contributed by atoms with Crippen molar-refractivity contribution in [3.05, 3.63) is 60.2 Å². The molecule has 1 aliphatic rings. The number of carbonyl (C=O) groups excluding carboxylic acids is 3. The number of amides is 3. The van der Waals surface area contributed by atoms with Crippen molar-refractivity contribution in [2.75, 3.05) is 25.0 Å². The van der Waals surface area contributed by atoms with Gasteiger partial charge in [-0.1, -0.05) is 37.3 Å². The van der Waals surface area contributed by atoms with E-state index in [1.165, 1.54) is 0 Å². The predicted molar refractivity (Wildman–Crippen MR) is 123 cm³/mol. The second kappa shape index (κ2) is 11.3. The molecule has 1 saturated heterocycles. The van der Waals surface area contributed by atoms with Crippen molar-refractivity contribution in [3.8, 4) is 5.75 Å². The summed E-state index contributed by atoms with van der Waals surface area (Å²) in [5.41, 5.74) is 1.71. The van der Waals surface area contributed by atoms with Gasteiger partial charge in [-0.25, -0.2) is 0 Å². The Hall–Kier alpha value is -3.35. The predicted octanol–water partition coefficient (Wildman–Crippen LogP) is 3.53. The van der Waals surface area contributed by atoms with Gasteiger partial charge < -0.3 is 20.3 Å². The topological polar surface area (TPSA) is 87.7 Å². The number of hydrogen-bond acceptors (Lipinski definition) is 4. The molecule has 2 aromatic rings. The Balaban J connectivity index is 1.42. The maximum absolute atomic E-state index is 12.7. The lowest BCUT2D eigenvalue weighted by atomic mass is 9.95. The van der Waals surface area contributed by atoms with Gasteiger partial charge in [0.25, 0.3) is 5.91 Å².